The van der Waals surface area contributed by atoms with Crippen molar-refractivity contribution in [1.29, 1.82) is 0 Å². The van der Waals surface area contributed by atoms with E-state index in [1.807, 2.05) is 54.6 Å². The predicted molar refractivity (Wildman–Crippen MR) is 90.1 cm³/mol. The molecule has 0 saturated carbocycles. The molecule has 3 aromatic carbocycles. The van der Waals surface area contributed by atoms with E-state index in [4.69, 9.17) is 9.47 Å². The van der Waals surface area contributed by atoms with Gasteiger partial charge in [-0.15, -0.1) is 0 Å². The van der Waals surface area contributed by atoms with Crippen LogP contribution in [0.3, 0.4) is 0 Å². The molecule has 0 unspecified atom stereocenters. The van der Waals surface area contributed by atoms with Crippen molar-refractivity contribution >= 4 is 34.8 Å². The molecule has 3 aliphatic rings. The highest BCUT2D eigenvalue weighted by molar-refractivity contribution is 8.03. The van der Waals surface area contributed by atoms with Gasteiger partial charge in [0.2, 0.25) is 0 Å². The Labute approximate surface area is 136 Å². The van der Waals surface area contributed by atoms with Crippen molar-refractivity contribution in [3.63, 3.8) is 0 Å². The first-order chi connectivity index (χ1) is 11.3. The van der Waals surface area contributed by atoms with Crippen LogP contribution in [0.2, 0.25) is 0 Å². The van der Waals surface area contributed by atoms with E-state index in [0.717, 1.165) is 20.4 Å². The summed E-state index contributed by atoms with van der Waals surface area (Å²) >= 11 is 1.63. The van der Waals surface area contributed by atoms with Gasteiger partial charge in [-0.25, -0.2) is 0 Å². The molecule has 3 nitrogen and oxygen atoms in total. The summed E-state index contributed by atoms with van der Waals surface area (Å²) in [6.07, 6.45) is 0. The molecule has 5 heteroatoms. The van der Waals surface area contributed by atoms with Crippen molar-refractivity contribution in [2.24, 2.45) is 0 Å². The zero-order valence-electron chi connectivity index (χ0n) is 11.8. The van der Waals surface area contributed by atoms with E-state index >= 15 is 0 Å². The van der Waals surface area contributed by atoms with Crippen LogP contribution in [-0.2, 0) is 4.57 Å². The van der Waals surface area contributed by atoms with E-state index in [0.29, 0.717) is 28.3 Å². The summed E-state index contributed by atoms with van der Waals surface area (Å²) in [7, 11) is -2.96. The maximum Gasteiger partial charge on any atom is 0.188 e. The van der Waals surface area contributed by atoms with E-state index in [1.165, 1.54) is 0 Å². The second-order valence-electron chi connectivity index (χ2n) is 5.72. The number of benzene rings is 3. The van der Waals surface area contributed by atoms with Gasteiger partial charge in [-0.1, -0.05) is 30.0 Å². The van der Waals surface area contributed by atoms with Crippen LogP contribution in [-0.4, -0.2) is 0 Å². The zero-order valence-corrected chi connectivity index (χ0v) is 13.5. The van der Waals surface area contributed by atoms with E-state index in [2.05, 4.69) is 0 Å². The molecule has 3 aliphatic heterocycles. The van der Waals surface area contributed by atoms with Gasteiger partial charge < -0.3 is 14.0 Å². The molecule has 110 valence electrons. The van der Waals surface area contributed by atoms with Gasteiger partial charge in [-0.3, -0.25) is 0 Å². The summed E-state index contributed by atoms with van der Waals surface area (Å²) in [5, 5.41) is 2.36. The van der Waals surface area contributed by atoms with Gasteiger partial charge in [-0.2, -0.15) is 0 Å². The van der Waals surface area contributed by atoms with Crippen LogP contribution in [0.25, 0.3) is 0 Å². The Bertz CT molecular complexity index is 892. The Morgan fingerprint density at radius 1 is 0.652 bits per heavy atom. The van der Waals surface area contributed by atoms with Crippen LogP contribution in [0.15, 0.2) is 64.4 Å². The van der Waals surface area contributed by atoms with Gasteiger partial charge in [-0.05, 0) is 36.4 Å². The maximum atomic E-state index is 14.4. The van der Waals surface area contributed by atoms with Gasteiger partial charge in [0.1, 0.15) is 28.3 Å². The molecular weight excluding hydrogens is 327 g/mol. The molecule has 0 radical (unpaired) electrons. The predicted octanol–water partition coefficient (Wildman–Crippen LogP) is 4.00. The van der Waals surface area contributed by atoms with E-state index < -0.39 is 7.14 Å². The lowest BCUT2D eigenvalue weighted by Crippen LogP contribution is -2.38. The van der Waals surface area contributed by atoms with Crippen molar-refractivity contribution < 1.29 is 14.0 Å². The van der Waals surface area contributed by atoms with Crippen molar-refractivity contribution in [3.8, 4) is 23.0 Å². The first-order valence-corrected chi connectivity index (χ1v) is 9.83. The minimum absolute atomic E-state index is 0.642. The van der Waals surface area contributed by atoms with Crippen LogP contribution >= 0.6 is 18.9 Å². The lowest BCUT2D eigenvalue weighted by atomic mass is 10.2. The monoisotopic (exact) mass is 336 g/mol. The Kier molecular flexibility index (Phi) is 2.05. The highest BCUT2D eigenvalue weighted by Gasteiger charge is 2.50. The SMILES string of the molecule is O=P12c3c4cccc3Oc3cccc(c31)Sc1cccc(c12)O4. The van der Waals surface area contributed by atoms with Crippen LogP contribution in [0, 0.1) is 0 Å². The fourth-order valence-corrected chi connectivity index (χ4v) is 8.76. The molecule has 23 heavy (non-hydrogen) atoms. The van der Waals surface area contributed by atoms with Crippen LogP contribution in [0.1, 0.15) is 0 Å². The molecule has 0 aromatic heterocycles. The second-order valence-corrected chi connectivity index (χ2v) is 9.37. The van der Waals surface area contributed by atoms with E-state index in [-0.39, 0.29) is 0 Å². The minimum Gasteiger partial charge on any atom is -0.456 e. The third-order valence-electron chi connectivity index (χ3n) is 4.49. The Morgan fingerprint density at radius 3 is 1.61 bits per heavy atom. The smallest absolute Gasteiger partial charge is 0.188 e. The summed E-state index contributed by atoms with van der Waals surface area (Å²) < 4.78 is 26.5. The molecule has 0 bridgehead atoms. The molecule has 0 fully saturated rings. The van der Waals surface area contributed by atoms with Crippen molar-refractivity contribution in [3.05, 3.63) is 54.6 Å². The Hall–Kier alpha value is -2.16. The van der Waals surface area contributed by atoms with Gasteiger partial charge in [0.05, 0.1) is 10.6 Å². The molecule has 3 heterocycles. The molecule has 0 saturated heterocycles. The number of hydrogen-bond acceptors (Lipinski definition) is 4. The first-order valence-electron chi connectivity index (χ1n) is 7.31. The zero-order chi connectivity index (χ0) is 15.2. The number of ether oxygens (including phenoxy) is 2. The molecule has 3 aromatic rings. The fourth-order valence-electron chi connectivity index (χ4n) is 3.62. The van der Waals surface area contributed by atoms with Gasteiger partial charge in [0.15, 0.2) is 7.14 Å². The van der Waals surface area contributed by atoms with Crippen LogP contribution in [0.5, 0.6) is 23.0 Å². The Morgan fingerprint density at radius 2 is 1.09 bits per heavy atom. The van der Waals surface area contributed by atoms with Gasteiger partial charge in [0, 0.05) is 9.79 Å². The minimum atomic E-state index is -2.96. The second kappa shape index (κ2) is 3.84. The van der Waals surface area contributed by atoms with Crippen molar-refractivity contribution in [1.82, 2.24) is 0 Å². The molecule has 0 N–H and O–H groups in total. The molecule has 0 atom stereocenters. The normalized spacial score (nSPS) is 16.9. The number of hydrogen-bond donors (Lipinski definition) is 0. The average Bonchev–Trinajstić information content (AvgIpc) is 2.54. The first kappa shape index (κ1) is 12.3. The summed E-state index contributed by atoms with van der Waals surface area (Å²) in [6, 6.07) is 17.4. The standard InChI is InChI=1S/C18H9O3PS/c19-22-16-10-4-1-5-11(16)21-13-7-3-9-15(18(13)22)23-14-8-2-6-12(20-10)17(14)22/h1-9H. The van der Waals surface area contributed by atoms with Gasteiger partial charge in [0.25, 0.3) is 0 Å². The average molecular weight is 336 g/mol. The third-order valence-corrected chi connectivity index (χ3v) is 9.17. The molecule has 6 rings (SSSR count). The molecule has 0 amide bonds. The number of rotatable bonds is 0. The quantitative estimate of drug-likeness (QED) is 0.393. The van der Waals surface area contributed by atoms with E-state index in [1.54, 1.807) is 11.8 Å². The highest BCUT2D eigenvalue weighted by Crippen LogP contribution is 2.63. The molecular formula is C18H9O3PS. The van der Waals surface area contributed by atoms with Crippen LogP contribution in [0.4, 0.5) is 0 Å². The molecule has 0 spiro atoms. The summed E-state index contributed by atoms with van der Waals surface area (Å²) in [6.45, 7) is 0. The lowest BCUT2D eigenvalue weighted by Gasteiger charge is -2.38. The summed E-state index contributed by atoms with van der Waals surface area (Å²) in [4.78, 5) is 2.02. The third kappa shape index (κ3) is 1.29. The summed E-state index contributed by atoms with van der Waals surface area (Å²) in [5.41, 5.74) is 0. The van der Waals surface area contributed by atoms with Gasteiger partial charge >= 0.3 is 0 Å². The Balaban J connectivity index is 1.88. The fraction of sp³-hybridized carbons (Fsp3) is 0. The van der Waals surface area contributed by atoms with Crippen molar-refractivity contribution in [2.75, 3.05) is 0 Å². The topological polar surface area (TPSA) is 35.5 Å². The molecule has 0 aliphatic carbocycles. The largest absolute Gasteiger partial charge is 0.456 e. The summed E-state index contributed by atoms with van der Waals surface area (Å²) in [5.74, 6) is 2.68. The van der Waals surface area contributed by atoms with Crippen LogP contribution < -0.4 is 25.4 Å². The van der Waals surface area contributed by atoms with Crippen molar-refractivity contribution in [2.45, 2.75) is 9.79 Å². The maximum absolute atomic E-state index is 14.4. The highest BCUT2D eigenvalue weighted by atomic mass is 32.2. The van der Waals surface area contributed by atoms with E-state index in [9.17, 15) is 4.57 Å². The lowest BCUT2D eigenvalue weighted by molar-refractivity contribution is 0.460.